The second-order valence-corrected chi connectivity index (χ2v) is 5.12. The summed E-state index contributed by atoms with van der Waals surface area (Å²) in [5.41, 5.74) is 0. The smallest absolute Gasteiger partial charge is 0.00205 e. The van der Waals surface area contributed by atoms with Crippen LogP contribution in [0, 0.1) is 5.92 Å². The molecule has 0 heterocycles. The van der Waals surface area contributed by atoms with Gasteiger partial charge >= 0.3 is 0 Å². The van der Waals surface area contributed by atoms with Gasteiger partial charge in [-0.1, -0.05) is 51.9 Å². The van der Waals surface area contributed by atoms with Crippen molar-refractivity contribution in [2.75, 3.05) is 13.1 Å². The van der Waals surface area contributed by atoms with Crippen LogP contribution in [0.5, 0.6) is 0 Å². The van der Waals surface area contributed by atoms with Gasteiger partial charge in [-0.2, -0.15) is 0 Å². The molecule has 1 nitrogen and oxygen atoms in total. The first kappa shape index (κ1) is 13.0. The van der Waals surface area contributed by atoms with E-state index >= 15 is 0 Å². The van der Waals surface area contributed by atoms with Crippen molar-refractivity contribution in [2.24, 2.45) is 5.92 Å². The molecule has 1 N–H and O–H groups in total. The Morgan fingerprint density at radius 1 is 0.933 bits per heavy atom. The molecule has 15 heavy (non-hydrogen) atoms. The average Bonchev–Trinajstić information content (AvgIpc) is 2.29. The van der Waals surface area contributed by atoms with Gasteiger partial charge in [0.1, 0.15) is 0 Å². The molecule has 1 fully saturated rings. The summed E-state index contributed by atoms with van der Waals surface area (Å²) in [6.07, 6.45) is 14.4. The van der Waals surface area contributed by atoms with Gasteiger partial charge in [0.2, 0.25) is 0 Å². The highest BCUT2D eigenvalue weighted by Crippen LogP contribution is 2.22. The van der Waals surface area contributed by atoms with Crippen molar-refractivity contribution in [3.05, 3.63) is 0 Å². The summed E-state index contributed by atoms with van der Waals surface area (Å²) in [6, 6.07) is 0. The van der Waals surface area contributed by atoms with E-state index in [1.54, 1.807) is 0 Å². The van der Waals surface area contributed by atoms with Crippen molar-refractivity contribution in [3.8, 4) is 0 Å². The lowest BCUT2D eigenvalue weighted by Gasteiger charge is -2.21. The number of hydrogen-bond donors (Lipinski definition) is 1. The first-order valence-corrected chi connectivity index (χ1v) is 7.14. The highest BCUT2D eigenvalue weighted by Gasteiger charge is 2.11. The molecule has 1 saturated carbocycles. The van der Waals surface area contributed by atoms with Crippen molar-refractivity contribution in [2.45, 2.75) is 71.1 Å². The molecule has 0 aromatic rings. The van der Waals surface area contributed by atoms with E-state index in [9.17, 15) is 0 Å². The molecule has 0 saturated heterocycles. The van der Waals surface area contributed by atoms with Crippen LogP contribution < -0.4 is 5.32 Å². The van der Waals surface area contributed by atoms with Gasteiger partial charge in [-0.25, -0.2) is 0 Å². The minimum Gasteiger partial charge on any atom is -0.316 e. The van der Waals surface area contributed by atoms with Gasteiger partial charge in [0.05, 0.1) is 0 Å². The summed E-state index contributed by atoms with van der Waals surface area (Å²) in [7, 11) is 0. The van der Waals surface area contributed by atoms with Gasteiger partial charge in [0.25, 0.3) is 0 Å². The van der Waals surface area contributed by atoms with Crippen molar-refractivity contribution in [1.82, 2.24) is 5.32 Å². The summed E-state index contributed by atoms with van der Waals surface area (Å²) in [5, 5.41) is 3.63. The zero-order valence-corrected chi connectivity index (χ0v) is 10.6. The van der Waals surface area contributed by atoms with Crippen molar-refractivity contribution < 1.29 is 0 Å². The molecule has 1 aliphatic carbocycles. The van der Waals surface area contributed by atoms with Crippen molar-refractivity contribution in [1.29, 1.82) is 0 Å². The fraction of sp³-hybridized carbons (Fsp3) is 1.00. The lowest BCUT2D eigenvalue weighted by molar-refractivity contribution is 0.341. The third-order valence-electron chi connectivity index (χ3n) is 3.61. The van der Waals surface area contributed by atoms with E-state index in [-0.39, 0.29) is 0 Å². The second kappa shape index (κ2) is 9.21. The highest BCUT2D eigenvalue weighted by atomic mass is 14.9. The SMILES string of the molecule is CCCCCCCNCC1CCCCC1. The Kier molecular flexibility index (Phi) is 7.99. The second-order valence-electron chi connectivity index (χ2n) is 5.12. The largest absolute Gasteiger partial charge is 0.316 e. The van der Waals surface area contributed by atoms with Crippen LogP contribution in [0.2, 0.25) is 0 Å². The zero-order valence-electron chi connectivity index (χ0n) is 10.6. The standard InChI is InChI=1S/C14H29N/c1-2-3-4-5-9-12-15-13-14-10-7-6-8-11-14/h14-15H,2-13H2,1H3. The van der Waals surface area contributed by atoms with Crippen LogP contribution in [0.25, 0.3) is 0 Å². The summed E-state index contributed by atoms with van der Waals surface area (Å²) in [6.45, 7) is 4.81. The lowest BCUT2D eigenvalue weighted by atomic mass is 9.89. The summed E-state index contributed by atoms with van der Waals surface area (Å²) in [4.78, 5) is 0. The third kappa shape index (κ3) is 6.94. The Morgan fingerprint density at radius 2 is 1.67 bits per heavy atom. The predicted molar refractivity (Wildman–Crippen MR) is 68.2 cm³/mol. The normalized spacial score (nSPS) is 18.2. The number of nitrogens with one attached hydrogen (secondary N) is 1. The van der Waals surface area contributed by atoms with Gasteiger partial charge in [-0.3, -0.25) is 0 Å². The molecule has 0 atom stereocenters. The van der Waals surface area contributed by atoms with Crippen LogP contribution in [0.15, 0.2) is 0 Å². The zero-order chi connectivity index (χ0) is 10.8. The van der Waals surface area contributed by atoms with Gasteiger partial charge in [-0.15, -0.1) is 0 Å². The number of rotatable bonds is 8. The quantitative estimate of drug-likeness (QED) is 0.595. The fourth-order valence-electron chi connectivity index (χ4n) is 2.55. The summed E-state index contributed by atoms with van der Waals surface area (Å²) >= 11 is 0. The number of unbranched alkanes of at least 4 members (excludes halogenated alkanes) is 4. The first-order valence-electron chi connectivity index (χ1n) is 7.14. The lowest BCUT2D eigenvalue weighted by Crippen LogP contribution is -2.25. The molecule has 0 aromatic carbocycles. The van der Waals surface area contributed by atoms with E-state index in [1.165, 1.54) is 77.3 Å². The number of hydrogen-bond acceptors (Lipinski definition) is 1. The van der Waals surface area contributed by atoms with Crippen molar-refractivity contribution >= 4 is 0 Å². The highest BCUT2D eigenvalue weighted by molar-refractivity contribution is 4.67. The molecule has 0 aliphatic heterocycles. The van der Waals surface area contributed by atoms with Gasteiger partial charge in [0.15, 0.2) is 0 Å². The molecule has 1 heteroatoms. The minimum atomic E-state index is 0.995. The molecule has 1 aliphatic rings. The van der Waals surface area contributed by atoms with Crippen LogP contribution in [0.1, 0.15) is 71.1 Å². The fourth-order valence-corrected chi connectivity index (χ4v) is 2.55. The van der Waals surface area contributed by atoms with Crippen LogP contribution in [-0.4, -0.2) is 13.1 Å². The minimum absolute atomic E-state index is 0.995. The van der Waals surface area contributed by atoms with Gasteiger partial charge < -0.3 is 5.32 Å². The van der Waals surface area contributed by atoms with E-state index in [0.717, 1.165) is 5.92 Å². The monoisotopic (exact) mass is 211 g/mol. The van der Waals surface area contributed by atoms with E-state index in [4.69, 9.17) is 0 Å². The Morgan fingerprint density at radius 3 is 2.40 bits per heavy atom. The first-order chi connectivity index (χ1) is 7.43. The van der Waals surface area contributed by atoms with Crippen molar-refractivity contribution in [3.63, 3.8) is 0 Å². The van der Waals surface area contributed by atoms with E-state index < -0.39 is 0 Å². The van der Waals surface area contributed by atoms with Crippen LogP contribution in [0.3, 0.4) is 0 Å². The molecule has 0 radical (unpaired) electrons. The van der Waals surface area contributed by atoms with Gasteiger partial charge in [0, 0.05) is 0 Å². The summed E-state index contributed by atoms with van der Waals surface area (Å²) < 4.78 is 0. The maximum absolute atomic E-state index is 3.63. The maximum atomic E-state index is 3.63. The van der Waals surface area contributed by atoms with Crippen LogP contribution in [-0.2, 0) is 0 Å². The molecule has 0 amide bonds. The van der Waals surface area contributed by atoms with Crippen LogP contribution in [0.4, 0.5) is 0 Å². The van der Waals surface area contributed by atoms with E-state index in [0.29, 0.717) is 0 Å². The molecule has 0 bridgehead atoms. The van der Waals surface area contributed by atoms with E-state index in [2.05, 4.69) is 12.2 Å². The molecule has 0 unspecified atom stereocenters. The predicted octanol–water partition coefficient (Wildman–Crippen LogP) is 4.13. The molecular weight excluding hydrogens is 182 g/mol. The molecule has 0 aromatic heterocycles. The molecular formula is C14H29N. The average molecular weight is 211 g/mol. The molecule has 90 valence electrons. The molecule has 0 spiro atoms. The Bertz CT molecular complexity index is 127. The maximum Gasteiger partial charge on any atom is -0.00205 e. The Hall–Kier alpha value is -0.0400. The molecule has 1 rings (SSSR count). The Labute approximate surface area is 96.0 Å². The Balaban J connectivity index is 1.79. The van der Waals surface area contributed by atoms with Crippen LogP contribution >= 0.6 is 0 Å². The van der Waals surface area contributed by atoms with E-state index in [1.807, 2.05) is 0 Å². The third-order valence-corrected chi connectivity index (χ3v) is 3.61. The summed E-state index contributed by atoms with van der Waals surface area (Å²) in [5.74, 6) is 0.995. The van der Waals surface area contributed by atoms with Gasteiger partial charge in [-0.05, 0) is 38.3 Å². The topological polar surface area (TPSA) is 12.0 Å².